The molecule has 0 saturated carbocycles. The molecule has 0 radical (unpaired) electrons. The molecule has 0 spiro atoms. The topological polar surface area (TPSA) is 66.5 Å². The fraction of sp³-hybridized carbons (Fsp3) is 0.409. The maximum atomic E-state index is 12.6. The molecular formula is C22H30N2O3S. The minimum Gasteiger partial charge on any atom is -0.350 e. The summed E-state index contributed by atoms with van der Waals surface area (Å²) in [6.45, 7) is 8.12. The lowest BCUT2D eigenvalue weighted by atomic mass is 10.0. The number of amides is 1. The highest BCUT2D eigenvalue weighted by Crippen LogP contribution is 2.23. The second kappa shape index (κ2) is 9.24. The van der Waals surface area contributed by atoms with Crippen LogP contribution in [-0.4, -0.2) is 27.1 Å². The van der Waals surface area contributed by atoms with Crippen molar-refractivity contribution in [2.45, 2.75) is 47.1 Å². The number of rotatable bonds is 8. The average Bonchev–Trinajstić information content (AvgIpc) is 2.63. The number of anilines is 1. The molecule has 0 atom stereocenters. The molecule has 0 heterocycles. The van der Waals surface area contributed by atoms with E-state index in [4.69, 9.17) is 0 Å². The van der Waals surface area contributed by atoms with Gasteiger partial charge in [0.15, 0.2) is 0 Å². The molecule has 0 aliphatic rings. The summed E-state index contributed by atoms with van der Waals surface area (Å²) in [5.74, 6) is -0.325. The molecule has 0 aliphatic heterocycles. The molecule has 28 heavy (non-hydrogen) atoms. The van der Waals surface area contributed by atoms with Gasteiger partial charge in [-0.1, -0.05) is 49.7 Å². The first-order valence-corrected chi connectivity index (χ1v) is 11.4. The molecule has 0 saturated heterocycles. The molecule has 0 aromatic heterocycles. The zero-order valence-corrected chi connectivity index (χ0v) is 18.2. The number of carbonyl (C=O) groups excluding carboxylic acids is 1. The number of nitrogens with zero attached hydrogens (tertiary/aromatic N) is 1. The van der Waals surface area contributed by atoms with Crippen LogP contribution in [0.5, 0.6) is 0 Å². The van der Waals surface area contributed by atoms with E-state index in [-0.39, 0.29) is 12.5 Å². The van der Waals surface area contributed by atoms with Gasteiger partial charge in [-0.2, -0.15) is 0 Å². The van der Waals surface area contributed by atoms with E-state index in [1.807, 2.05) is 26.0 Å². The molecule has 0 fully saturated rings. The number of nitrogens with one attached hydrogen (secondary N) is 1. The number of hydrogen-bond acceptors (Lipinski definition) is 3. The summed E-state index contributed by atoms with van der Waals surface area (Å²) in [4.78, 5) is 12.6. The summed E-state index contributed by atoms with van der Waals surface area (Å²) < 4.78 is 25.8. The number of sulfonamides is 1. The molecule has 0 bridgehead atoms. The van der Waals surface area contributed by atoms with Crippen LogP contribution in [0.15, 0.2) is 36.4 Å². The van der Waals surface area contributed by atoms with Crippen LogP contribution in [0.2, 0.25) is 0 Å². The summed E-state index contributed by atoms with van der Waals surface area (Å²) in [5, 5.41) is 2.88. The van der Waals surface area contributed by atoms with Crippen LogP contribution in [0.4, 0.5) is 5.69 Å². The Labute approximate surface area is 168 Å². The van der Waals surface area contributed by atoms with Gasteiger partial charge in [-0.25, -0.2) is 8.42 Å². The van der Waals surface area contributed by atoms with Crippen LogP contribution in [0.25, 0.3) is 0 Å². The van der Waals surface area contributed by atoms with E-state index in [1.165, 1.54) is 15.4 Å². The molecule has 2 aromatic rings. The van der Waals surface area contributed by atoms with Crippen LogP contribution in [-0.2, 0) is 34.2 Å². The molecule has 2 aromatic carbocycles. The highest BCUT2D eigenvalue weighted by molar-refractivity contribution is 7.92. The van der Waals surface area contributed by atoms with Crippen molar-refractivity contribution in [1.29, 1.82) is 0 Å². The van der Waals surface area contributed by atoms with Gasteiger partial charge in [0, 0.05) is 6.54 Å². The van der Waals surface area contributed by atoms with E-state index >= 15 is 0 Å². The molecule has 2 rings (SSSR count). The van der Waals surface area contributed by atoms with Crippen molar-refractivity contribution in [1.82, 2.24) is 5.32 Å². The monoisotopic (exact) mass is 402 g/mol. The third-order valence-corrected chi connectivity index (χ3v) is 5.97. The van der Waals surface area contributed by atoms with Gasteiger partial charge in [0.2, 0.25) is 15.9 Å². The van der Waals surface area contributed by atoms with E-state index in [2.05, 4.69) is 37.4 Å². The van der Waals surface area contributed by atoms with E-state index < -0.39 is 10.0 Å². The van der Waals surface area contributed by atoms with Crippen molar-refractivity contribution in [2.75, 3.05) is 17.1 Å². The Morgan fingerprint density at radius 2 is 1.71 bits per heavy atom. The van der Waals surface area contributed by atoms with E-state index in [0.29, 0.717) is 12.2 Å². The predicted octanol–water partition coefficient (Wildman–Crippen LogP) is 3.51. The van der Waals surface area contributed by atoms with Crippen molar-refractivity contribution >= 4 is 21.6 Å². The first-order valence-electron chi connectivity index (χ1n) is 9.58. The first-order chi connectivity index (χ1) is 13.2. The Bertz CT molecular complexity index is 952. The predicted molar refractivity (Wildman–Crippen MR) is 115 cm³/mol. The van der Waals surface area contributed by atoms with Crippen molar-refractivity contribution in [2.24, 2.45) is 0 Å². The van der Waals surface area contributed by atoms with Crippen LogP contribution in [0.3, 0.4) is 0 Å². The number of benzene rings is 2. The van der Waals surface area contributed by atoms with Crippen molar-refractivity contribution < 1.29 is 13.2 Å². The van der Waals surface area contributed by atoms with Crippen LogP contribution >= 0.6 is 0 Å². The normalized spacial score (nSPS) is 11.3. The minimum absolute atomic E-state index is 0.238. The van der Waals surface area contributed by atoms with Gasteiger partial charge >= 0.3 is 0 Å². The molecule has 0 unspecified atom stereocenters. The fourth-order valence-electron chi connectivity index (χ4n) is 3.26. The number of aryl methyl sites for hydroxylation is 4. The van der Waals surface area contributed by atoms with E-state index in [9.17, 15) is 13.2 Å². The lowest BCUT2D eigenvalue weighted by molar-refractivity contribution is -0.119. The Balaban J connectivity index is 2.17. The standard InChI is InChI=1S/C22H30N2O3S/c1-6-18-9-10-19(7-2)20(13-18)14-23-22(25)15-24(28(5,26)27)21-11-8-16(3)12-17(21)4/h8-13H,6-7,14-15H2,1-5H3,(H,23,25). The molecular weight excluding hydrogens is 372 g/mol. The maximum Gasteiger partial charge on any atom is 0.241 e. The van der Waals surface area contributed by atoms with Crippen molar-refractivity contribution in [3.8, 4) is 0 Å². The molecule has 1 amide bonds. The zero-order valence-electron chi connectivity index (χ0n) is 17.4. The van der Waals surface area contributed by atoms with Gasteiger partial charge in [0.25, 0.3) is 0 Å². The van der Waals surface area contributed by atoms with E-state index in [0.717, 1.165) is 35.8 Å². The van der Waals surface area contributed by atoms with Gasteiger partial charge in [-0.15, -0.1) is 0 Å². The fourth-order valence-corrected chi connectivity index (χ4v) is 4.17. The van der Waals surface area contributed by atoms with Gasteiger partial charge in [-0.05, 0) is 55.0 Å². The van der Waals surface area contributed by atoms with Gasteiger partial charge in [-0.3, -0.25) is 9.10 Å². The Kier molecular flexibility index (Phi) is 7.24. The van der Waals surface area contributed by atoms with Gasteiger partial charge in [0.1, 0.15) is 6.54 Å². The van der Waals surface area contributed by atoms with Crippen molar-refractivity contribution in [3.05, 3.63) is 64.2 Å². The maximum absolute atomic E-state index is 12.6. The van der Waals surface area contributed by atoms with Gasteiger partial charge in [0.05, 0.1) is 11.9 Å². The largest absolute Gasteiger partial charge is 0.350 e. The highest BCUT2D eigenvalue weighted by Gasteiger charge is 2.22. The lowest BCUT2D eigenvalue weighted by Gasteiger charge is -2.24. The van der Waals surface area contributed by atoms with Crippen LogP contribution < -0.4 is 9.62 Å². The second-order valence-electron chi connectivity index (χ2n) is 7.15. The first kappa shape index (κ1) is 22.0. The summed E-state index contributed by atoms with van der Waals surface area (Å²) >= 11 is 0. The smallest absolute Gasteiger partial charge is 0.241 e. The quantitative estimate of drug-likeness (QED) is 0.735. The second-order valence-corrected chi connectivity index (χ2v) is 9.05. The summed E-state index contributed by atoms with van der Waals surface area (Å²) in [7, 11) is -3.58. The summed E-state index contributed by atoms with van der Waals surface area (Å²) in [6, 6.07) is 11.8. The number of hydrogen-bond donors (Lipinski definition) is 1. The SMILES string of the molecule is CCc1ccc(CC)c(CNC(=O)CN(c2ccc(C)cc2C)S(C)(=O)=O)c1. The highest BCUT2D eigenvalue weighted by atomic mass is 32.2. The Hall–Kier alpha value is -2.34. The molecule has 152 valence electrons. The molecule has 0 aliphatic carbocycles. The van der Waals surface area contributed by atoms with Crippen LogP contribution in [0.1, 0.15) is 41.7 Å². The number of carbonyl (C=O) groups is 1. The van der Waals surface area contributed by atoms with E-state index in [1.54, 1.807) is 6.07 Å². The molecule has 5 nitrogen and oxygen atoms in total. The summed E-state index contributed by atoms with van der Waals surface area (Å²) in [6.07, 6.45) is 2.94. The Morgan fingerprint density at radius 3 is 2.29 bits per heavy atom. The van der Waals surface area contributed by atoms with Gasteiger partial charge < -0.3 is 5.32 Å². The minimum atomic E-state index is -3.58. The molecule has 6 heteroatoms. The Morgan fingerprint density at radius 1 is 1.00 bits per heavy atom. The average molecular weight is 403 g/mol. The van der Waals surface area contributed by atoms with Crippen molar-refractivity contribution in [3.63, 3.8) is 0 Å². The lowest BCUT2D eigenvalue weighted by Crippen LogP contribution is -2.40. The zero-order chi connectivity index (χ0) is 20.9. The third-order valence-electron chi connectivity index (χ3n) is 4.84. The molecule has 1 N–H and O–H groups in total. The van der Waals surface area contributed by atoms with Crippen LogP contribution in [0, 0.1) is 13.8 Å². The summed E-state index contributed by atoms with van der Waals surface area (Å²) in [5.41, 5.74) is 5.88. The third kappa shape index (κ3) is 5.58.